The second kappa shape index (κ2) is 8.53. The van der Waals surface area contributed by atoms with Crippen LogP contribution in [0.2, 0.25) is 0 Å². The number of benzene rings is 1. The van der Waals surface area contributed by atoms with Crippen LogP contribution in [0.1, 0.15) is 5.56 Å². The van der Waals surface area contributed by atoms with Crippen molar-refractivity contribution in [2.24, 2.45) is 0 Å². The molecule has 0 radical (unpaired) electrons. The highest BCUT2D eigenvalue weighted by Gasteiger charge is 2.25. The minimum absolute atomic E-state index is 0.0849. The number of hydrogen-bond donors (Lipinski definition) is 0. The van der Waals surface area contributed by atoms with Crippen molar-refractivity contribution in [2.45, 2.75) is 18.1 Å². The molecule has 0 spiro atoms. The number of carbonyl (C=O) groups excluding carboxylic acids is 1. The molecule has 3 aromatic rings. The second-order valence-electron chi connectivity index (χ2n) is 6.40. The van der Waals surface area contributed by atoms with E-state index in [1.54, 1.807) is 19.5 Å². The van der Waals surface area contributed by atoms with Crippen LogP contribution in [0.3, 0.4) is 0 Å². The molecule has 0 fully saturated rings. The number of para-hydroxylation sites is 1. The number of nitrogens with zero attached hydrogens (tertiary/aromatic N) is 5. The van der Waals surface area contributed by atoms with Crippen LogP contribution in [-0.4, -0.2) is 51.7 Å². The zero-order valence-electron chi connectivity index (χ0n) is 15.6. The van der Waals surface area contributed by atoms with Crippen LogP contribution in [0.25, 0.3) is 11.4 Å². The van der Waals surface area contributed by atoms with Gasteiger partial charge >= 0.3 is 0 Å². The summed E-state index contributed by atoms with van der Waals surface area (Å²) >= 11 is 1.41. The number of hydrogen-bond acceptors (Lipinski definition) is 6. The summed E-state index contributed by atoms with van der Waals surface area (Å²) in [6, 6.07) is 11.9. The third-order valence-corrected chi connectivity index (χ3v) is 5.64. The standard InChI is InChI=1S/C20H21N5O2S/c1-27-13-12-25-19(16-6-9-21-10-7-16)22-23-20(25)28-14-18(26)24-11-8-15-4-2-3-5-17(15)24/h2-7,9-10H,8,11-14H2,1H3. The first-order chi connectivity index (χ1) is 13.8. The van der Waals surface area contributed by atoms with Gasteiger partial charge in [-0.1, -0.05) is 30.0 Å². The number of amides is 1. The Labute approximate surface area is 167 Å². The average Bonchev–Trinajstić information content (AvgIpc) is 3.35. The predicted molar refractivity (Wildman–Crippen MR) is 108 cm³/mol. The van der Waals surface area contributed by atoms with Gasteiger partial charge in [-0.2, -0.15) is 0 Å². The first-order valence-electron chi connectivity index (χ1n) is 9.11. The van der Waals surface area contributed by atoms with Crippen molar-refractivity contribution < 1.29 is 9.53 Å². The van der Waals surface area contributed by atoms with Crippen LogP contribution in [0.4, 0.5) is 5.69 Å². The smallest absolute Gasteiger partial charge is 0.237 e. The number of carbonyl (C=O) groups is 1. The van der Waals surface area contributed by atoms with E-state index in [0.29, 0.717) is 24.1 Å². The molecule has 1 aromatic carbocycles. The van der Waals surface area contributed by atoms with Gasteiger partial charge in [-0.15, -0.1) is 10.2 Å². The summed E-state index contributed by atoms with van der Waals surface area (Å²) in [6.07, 6.45) is 4.36. The number of rotatable bonds is 7. The Kier molecular flexibility index (Phi) is 5.68. The van der Waals surface area contributed by atoms with Gasteiger partial charge in [-0.05, 0) is 30.2 Å². The van der Waals surface area contributed by atoms with Crippen molar-refractivity contribution in [1.82, 2.24) is 19.7 Å². The lowest BCUT2D eigenvalue weighted by Crippen LogP contribution is -2.30. The molecule has 4 rings (SSSR count). The number of anilines is 1. The number of thioether (sulfide) groups is 1. The highest BCUT2D eigenvalue weighted by atomic mass is 32.2. The summed E-state index contributed by atoms with van der Waals surface area (Å²) in [7, 11) is 1.66. The van der Waals surface area contributed by atoms with Crippen LogP contribution in [0.15, 0.2) is 53.9 Å². The monoisotopic (exact) mass is 395 g/mol. The quantitative estimate of drug-likeness (QED) is 0.573. The maximum Gasteiger partial charge on any atom is 0.237 e. The largest absolute Gasteiger partial charge is 0.383 e. The zero-order chi connectivity index (χ0) is 19.3. The number of aromatic nitrogens is 4. The summed E-state index contributed by atoms with van der Waals surface area (Å²) < 4.78 is 7.23. The topological polar surface area (TPSA) is 73.1 Å². The first-order valence-corrected chi connectivity index (χ1v) is 10.1. The summed E-state index contributed by atoms with van der Waals surface area (Å²) in [4.78, 5) is 18.7. The van der Waals surface area contributed by atoms with E-state index in [-0.39, 0.29) is 5.91 Å². The third-order valence-electron chi connectivity index (χ3n) is 4.69. The molecule has 2 aromatic heterocycles. The molecule has 0 saturated heterocycles. The third kappa shape index (κ3) is 3.79. The normalized spacial score (nSPS) is 13.0. The molecular formula is C20H21N5O2S. The molecule has 28 heavy (non-hydrogen) atoms. The Balaban J connectivity index is 1.50. The molecule has 0 atom stereocenters. The Morgan fingerprint density at radius 3 is 2.82 bits per heavy atom. The van der Waals surface area contributed by atoms with Crippen LogP contribution >= 0.6 is 11.8 Å². The number of pyridine rings is 1. The van der Waals surface area contributed by atoms with Gasteiger partial charge in [0.2, 0.25) is 5.91 Å². The molecule has 0 bridgehead atoms. The SMILES string of the molecule is COCCn1c(SCC(=O)N2CCc3ccccc32)nnc1-c1ccncc1. The van der Waals surface area contributed by atoms with Gasteiger partial charge in [-0.25, -0.2) is 0 Å². The molecule has 1 aliphatic rings. The van der Waals surface area contributed by atoms with Crippen LogP contribution in [0.5, 0.6) is 0 Å². The number of methoxy groups -OCH3 is 1. The second-order valence-corrected chi connectivity index (χ2v) is 7.34. The Bertz CT molecular complexity index is 960. The fourth-order valence-corrected chi connectivity index (χ4v) is 4.14. The van der Waals surface area contributed by atoms with Gasteiger partial charge in [0, 0.05) is 37.3 Å². The van der Waals surface area contributed by atoms with Crippen molar-refractivity contribution in [3.8, 4) is 11.4 Å². The molecule has 0 saturated carbocycles. The van der Waals surface area contributed by atoms with Gasteiger partial charge < -0.3 is 9.64 Å². The molecule has 1 amide bonds. The summed E-state index contributed by atoms with van der Waals surface area (Å²) in [5.41, 5.74) is 3.18. The van der Waals surface area contributed by atoms with Crippen LogP contribution in [0, 0.1) is 0 Å². The molecule has 8 heteroatoms. The molecule has 0 aliphatic carbocycles. The van der Waals surface area contributed by atoms with Gasteiger partial charge in [-0.3, -0.25) is 14.3 Å². The number of ether oxygens (including phenoxy) is 1. The number of fused-ring (bicyclic) bond motifs is 1. The highest BCUT2D eigenvalue weighted by molar-refractivity contribution is 7.99. The summed E-state index contributed by atoms with van der Waals surface area (Å²) in [5.74, 6) is 1.15. The van der Waals surface area contributed by atoms with E-state index < -0.39 is 0 Å². The van der Waals surface area contributed by atoms with E-state index in [9.17, 15) is 4.79 Å². The van der Waals surface area contributed by atoms with E-state index in [1.807, 2.05) is 39.8 Å². The fraction of sp³-hybridized carbons (Fsp3) is 0.300. The average molecular weight is 395 g/mol. The Morgan fingerprint density at radius 1 is 1.18 bits per heavy atom. The lowest BCUT2D eigenvalue weighted by atomic mass is 10.2. The lowest BCUT2D eigenvalue weighted by molar-refractivity contribution is -0.116. The fourth-order valence-electron chi connectivity index (χ4n) is 3.30. The Hall–Kier alpha value is -2.71. The molecule has 0 unspecified atom stereocenters. The van der Waals surface area contributed by atoms with E-state index in [1.165, 1.54) is 17.3 Å². The van der Waals surface area contributed by atoms with Crippen molar-refractivity contribution in [3.63, 3.8) is 0 Å². The molecule has 1 aliphatic heterocycles. The van der Waals surface area contributed by atoms with Gasteiger partial charge in [0.1, 0.15) is 0 Å². The summed E-state index contributed by atoms with van der Waals surface area (Å²) in [6.45, 7) is 1.89. The van der Waals surface area contributed by atoms with Gasteiger partial charge in [0.25, 0.3) is 0 Å². The molecule has 3 heterocycles. The molecule has 7 nitrogen and oxygen atoms in total. The highest BCUT2D eigenvalue weighted by Crippen LogP contribution is 2.29. The molecule has 0 N–H and O–H groups in total. The van der Waals surface area contributed by atoms with E-state index in [2.05, 4.69) is 21.2 Å². The van der Waals surface area contributed by atoms with E-state index >= 15 is 0 Å². The van der Waals surface area contributed by atoms with Crippen molar-refractivity contribution in [2.75, 3.05) is 30.9 Å². The minimum Gasteiger partial charge on any atom is -0.383 e. The van der Waals surface area contributed by atoms with Crippen LogP contribution in [-0.2, 0) is 22.5 Å². The van der Waals surface area contributed by atoms with E-state index in [4.69, 9.17) is 4.74 Å². The zero-order valence-corrected chi connectivity index (χ0v) is 16.4. The maximum atomic E-state index is 12.8. The van der Waals surface area contributed by atoms with Crippen molar-refractivity contribution in [1.29, 1.82) is 0 Å². The van der Waals surface area contributed by atoms with Crippen molar-refractivity contribution in [3.05, 3.63) is 54.4 Å². The molecule has 144 valence electrons. The lowest BCUT2D eigenvalue weighted by Gasteiger charge is -2.17. The van der Waals surface area contributed by atoms with Gasteiger partial charge in [0.15, 0.2) is 11.0 Å². The molecular weight excluding hydrogens is 374 g/mol. The van der Waals surface area contributed by atoms with E-state index in [0.717, 1.165) is 30.0 Å². The summed E-state index contributed by atoms with van der Waals surface area (Å²) in [5, 5.41) is 9.36. The Morgan fingerprint density at radius 2 is 2.00 bits per heavy atom. The predicted octanol–water partition coefficient (Wildman–Crippen LogP) is 2.67. The minimum atomic E-state index is 0.0849. The van der Waals surface area contributed by atoms with Crippen LogP contribution < -0.4 is 4.90 Å². The van der Waals surface area contributed by atoms with Gasteiger partial charge in [0.05, 0.1) is 18.9 Å². The van der Waals surface area contributed by atoms with Crippen molar-refractivity contribution >= 4 is 23.4 Å². The maximum absolute atomic E-state index is 12.8. The first kappa shape index (κ1) is 18.6.